The second kappa shape index (κ2) is 3.81. The first kappa shape index (κ1) is 8.60. The topological polar surface area (TPSA) is 2.70 Å². The lowest BCUT2D eigenvalue weighted by molar-refractivity contribution is -0.114. The van der Waals surface area contributed by atoms with Crippen molar-refractivity contribution in [2.75, 3.05) is 18.1 Å². The SMILES string of the molecule is [CH-][O+]1CCSC[C@@H]1c1ccsc1. The van der Waals surface area contributed by atoms with Crippen LogP contribution in [0.4, 0.5) is 0 Å². The fourth-order valence-electron chi connectivity index (χ4n) is 1.30. The van der Waals surface area contributed by atoms with Gasteiger partial charge >= 0.3 is 0 Å². The molecule has 0 spiro atoms. The highest BCUT2D eigenvalue weighted by Gasteiger charge is 2.22. The van der Waals surface area contributed by atoms with E-state index in [1.165, 1.54) is 5.56 Å². The summed E-state index contributed by atoms with van der Waals surface area (Å²) in [6.07, 6.45) is 0.356. The maximum atomic E-state index is 5.81. The molecule has 0 aromatic carbocycles. The average Bonchev–Trinajstić information content (AvgIpc) is 2.57. The normalized spacial score (nSPS) is 25.9. The molecule has 1 saturated heterocycles. The summed E-state index contributed by atoms with van der Waals surface area (Å²) in [6, 6.07) is 2.15. The van der Waals surface area contributed by atoms with Gasteiger partial charge in [0.2, 0.25) is 0 Å². The smallest absolute Gasteiger partial charge is 0.165 e. The highest BCUT2D eigenvalue weighted by Crippen LogP contribution is 2.32. The Hall–Kier alpha value is 0.01000. The predicted octanol–water partition coefficient (Wildman–Crippen LogP) is 2.76. The van der Waals surface area contributed by atoms with E-state index in [1.807, 2.05) is 11.8 Å². The maximum absolute atomic E-state index is 5.81. The Morgan fingerprint density at radius 1 is 1.58 bits per heavy atom. The van der Waals surface area contributed by atoms with Crippen molar-refractivity contribution in [3.63, 3.8) is 0 Å². The van der Waals surface area contributed by atoms with Crippen molar-refractivity contribution in [3.05, 3.63) is 29.5 Å². The molecule has 2 rings (SSSR count). The van der Waals surface area contributed by atoms with Crippen molar-refractivity contribution in [1.82, 2.24) is 0 Å². The largest absolute Gasteiger partial charge is 0.581 e. The second-order valence-corrected chi connectivity index (χ2v) is 4.72. The van der Waals surface area contributed by atoms with E-state index in [9.17, 15) is 0 Å². The van der Waals surface area contributed by atoms with Crippen molar-refractivity contribution in [2.24, 2.45) is 0 Å². The summed E-state index contributed by atoms with van der Waals surface area (Å²) < 4.78 is 2.74. The zero-order valence-electron chi connectivity index (χ0n) is 6.73. The third-order valence-electron chi connectivity index (χ3n) is 2.01. The molecule has 1 aliphatic rings. The van der Waals surface area contributed by atoms with E-state index in [0.717, 1.165) is 18.1 Å². The molecule has 0 N–H and O–H groups in total. The van der Waals surface area contributed by atoms with Gasteiger partial charge in [-0.15, -0.1) is 18.9 Å². The monoisotopic (exact) mass is 199 g/mol. The Kier molecular flexibility index (Phi) is 2.73. The summed E-state index contributed by atoms with van der Waals surface area (Å²) in [4.78, 5) is 0. The zero-order chi connectivity index (χ0) is 8.39. The molecule has 1 atom stereocenters. The molecular formula is C9H11OS2. The number of hydrogen-bond donors (Lipinski definition) is 0. The number of rotatable bonds is 1. The molecule has 12 heavy (non-hydrogen) atoms. The Morgan fingerprint density at radius 2 is 2.50 bits per heavy atom. The number of hydrogen-bond acceptors (Lipinski definition) is 2. The van der Waals surface area contributed by atoms with Gasteiger partial charge in [-0.2, -0.15) is 11.3 Å². The highest BCUT2D eigenvalue weighted by atomic mass is 32.2. The standard InChI is InChI=1S/C9H11OS2/c1-10-3-5-12-7-9(10)8-2-4-11-6-8/h1-2,4,6,9H,3,5,7H2/t9-/m1/s1. The van der Waals surface area contributed by atoms with E-state index < -0.39 is 0 Å². The van der Waals surface area contributed by atoms with Crippen LogP contribution < -0.4 is 0 Å². The van der Waals surface area contributed by atoms with Gasteiger partial charge < -0.3 is 4.37 Å². The van der Waals surface area contributed by atoms with Crippen molar-refractivity contribution in [2.45, 2.75) is 6.10 Å². The van der Waals surface area contributed by atoms with Gasteiger partial charge in [0.1, 0.15) is 6.61 Å². The summed E-state index contributed by atoms with van der Waals surface area (Å²) in [5, 5.41) is 4.27. The third-order valence-corrected chi connectivity index (χ3v) is 3.71. The molecule has 1 fully saturated rings. The summed E-state index contributed by atoms with van der Waals surface area (Å²) >= 11 is 3.70. The van der Waals surface area contributed by atoms with Gasteiger partial charge in [-0.3, -0.25) is 0 Å². The summed E-state index contributed by atoms with van der Waals surface area (Å²) in [5.41, 5.74) is 1.33. The molecule has 1 radical (unpaired) electrons. The molecule has 1 nitrogen and oxygen atoms in total. The Labute approximate surface area is 81.4 Å². The van der Waals surface area contributed by atoms with Crippen molar-refractivity contribution in [1.29, 1.82) is 0 Å². The molecule has 0 unspecified atom stereocenters. The molecule has 0 amide bonds. The zero-order valence-corrected chi connectivity index (χ0v) is 8.37. The van der Waals surface area contributed by atoms with Crippen molar-refractivity contribution >= 4 is 23.1 Å². The first-order valence-corrected chi connectivity index (χ1v) is 6.01. The van der Waals surface area contributed by atoms with Crippen molar-refractivity contribution in [3.8, 4) is 0 Å². The van der Waals surface area contributed by atoms with E-state index in [2.05, 4.69) is 21.2 Å². The lowest BCUT2D eigenvalue weighted by atomic mass is 10.2. The van der Waals surface area contributed by atoms with E-state index in [4.69, 9.17) is 7.11 Å². The van der Waals surface area contributed by atoms with Crippen LogP contribution >= 0.6 is 23.1 Å². The van der Waals surface area contributed by atoms with Gasteiger partial charge in [0.15, 0.2) is 6.10 Å². The van der Waals surface area contributed by atoms with Crippen LogP contribution in [0.3, 0.4) is 0 Å². The Balaban J connectivity index is 2.11. The maximum Gasteiger partial charge on any atom is 0.165 e. The van der Waals surface area contributed by atoms with Gasteiger partial charge in [0.25, 0.3) is 0 Å². The first-order valence-electron chi connectivity index (χ1n) is 3.92. The highest BCUT2D eigenvalue weighted by molar-refractivity contribution is 7.99. The minimum atomic E-state index is 0.356. The van der Waals surface area contributed by atoms with Crippen LogP contribution in [-0.4, -0.2) is 18.1 Å². The summed E-state index contributed by atoms with van der Waals surface area (Å²) in [5.74, 6) is 2.22. The second-order valence-electron chi connectivity index (χ2n) is 2.79. The van der Waals surface area contributed by atoms with Crippen LogP contribution in [0.2, 0.25) is 0 Å². The predicted molar refractivity (Wildman–Crippen MR) is 54.6 cm³/mol. The van der Waals surface area contributed by atoms with E-state index in [1.54, 1.807) is 11.3 Å². The molecule has 65 valence electrons. The Bertz CT molecular complexity index is 233. The van der Waals surface area contributed by atoms with E-state index in [-0.39, 0.29) is 0 Å². The Morgan fingerprint density at radius 3 is 3.17 bits per heavy atom. The number of thioether (sulfide) groups is 1. The molecular weight excluding hydrogens is 188 g/mol. The van der Waals surface area contributed by atoms with E-state index >= 15 is 0 Å². The van der Waals surface area contributed by atoms with Gasteiger partial charge in [-0.25, -0.2) is 0 Å². The summed E-state index contributed by atoms with van der Waals surface area (Å²) in [6.45, 7) is 0.922. The van der Waals surface area contributed by atoms with Gasteiger partial charge in [0.05, 0.1) is 11.5 Å². The quantitative estimate of drug-likeness (QED) is 0.496. The van der Waals surface area contributed by atoms with E-state index in [0.29, 0.717) is 6.10 Å². The third kappa shape index (κ3) is 1.68. The average molecular weight is 199 g/mol. The van der Waals surface area contributed by atoms with Crippen LogP contribution in [0.5, 0.6) is 0 Å². The summed E-state index contributed by atoms with van der Waals surface area (Å²) in [7, 11) is 5.81. The van der Waals surface area contributed by atoms with Crippen LogP contribution in [0.15, 0.2) is 16.8 Å². The van der Waals surface area contributed by atoms with Gasteiger partial charge in [0, 0.05) is 10.9 Å². The molecule has 0 aliphatic carbocycles. The molecule has 0 bridgehead atoms. The molecule has 1 aromatic rings. The molecule has 1 aliphatic heterocycles. The minimum Gasteiger partial charge on any atom is -0.581 e. The molecule has 2 heterocycles. The lowest BCUT2D eigenvalue weighted by Gasteiger charge is -2.35. The van der Waals surface area contributed by atoms with Crippen LogP contribution in [0, 0.1) is 7.11 Å². The fraction of sp³-hybridized carbons (Fsp3) is 0.444. The van der Waals surface area contributed by atoms with Gasteiger partial charge in [-0.1, -0.05) is 0 Å². The van der Waals surface area contributed by atoms with Crippen LogP contribution in [-0.2, 0) is 4.37 Å². The molecule has 3 heteroatoms. The number of thiophene rings is 1. The lowest BCUT2D eigenvalue weighted by Crippen LogP contribution is -2.23. The van der Waals surface area contributed by atoms with Crippen molar-refractivity contribution < 1.29 is 4.37 Å². The fourth-order valence-corrected chi connectivity index (χ4v) is 3.06. The first-order chi connectivity index (χ1) is 5.88. The minimum absolute atomic E-state index is 0.356. The molecule has 0 saturated carbocycles. The van der Waals surface area contributed by atoms with Crippen LogP contribution in [0.1, 0.15) is 11.7 Å². The molecule has 1 aromatic heterocycles. The van der Waals surface area contributed by atoms with Crippen LogP contribution in [0.25, 0.3) is 0 Å². The van der Waals surface area contributed by atoms with Gasteiger partial charge in [-0.05, 0) is 11.4 Å².